The van der Waals surface area contributed by atoms with Crippen LogP contribution in [-0.2, 0) is 14.4 Å². The number of amides is 3. The number of rotatable bonds is 4. The van der Waals surface area contributed by atoms with Crippen LogP contribution in [0.5, 0.6) is 0 Å². The van der Waals surface area contributed by atoms with Crippen LogP contribution < -0.4 is 4.90 Å². The van der Waals surface area contributed by atoms with Crippen molar-refractivity contribution < 1.29 is 18.8 Å². The highest BCUT2D eigenvalue weighted by atomic mass is 19.1. The quantitative estimate of drug-likeness (QED) is 0.764. The van der Waals surface area contributed by atoms with Gasteiger partial charge in [-0.2, -0.15) is 0 Å². The average molecular weight is 376 g/mol. The molecule has 1 aromatic carbocycles. The van der Waals surface area contributed by atoms with E-state index in [-0.39, 0.29) is 30.7 Å². The lowest BCUT2D eigenvalue weighted by atomic mass is 10.1. The van der Waals surface area contributed by atoms with E-state index in [9.17, 15) is 18.8 Å². The number of carbonyl (C=O) groups is 3. The van der Waals surface area contributed by atoms with Crippen molar-refractivity contribution in [3.05, 3.63) is 30.1 Å². The number of benzene rings is 1. The highest BCUT2D eigenvalue weighted by Gasteiger charge is 2.38. The third-order valence-electron chi connectivity index (χ3n) is 5.14. The van der Waals surface area contributed by atoms with Gasteiger partial charge in [0.05, 0.1) is 12.5 Å². The van der Waals surface area contributed by atoms with Crippen LogP contribution in [-0.4, -0.2) is 85.8 Å². The number of halogens is 1. The normalized spacial score (nSPS) is 20.9. The Morgan fingerprint density at radius 3 is 2.52 bits per heavy atom. The molecule has 7 nitrogen and oxygen atoms in total. The van der Waals surface area contributed by atoms with Crippen molar-refractivity contribution in [1.29, 1.82) is 0 Å². The molecule has 1 atom stereocenters. The summed E-state index contributed by atoms with van der Waals surface area (Å²) in [6.07, 6.45) is 0.147. The van der Waals surface area contributed by atoms with Gasteiger partial charge >= 0.3 is 0 Å². The van der Waals surface area contributed by atoms with Crippen molar-refractivity contribution in [2.45, 2.75) is 6.42 Å². The van der Waals surface area contributed by atoms with Gasteiger partial charge in [-0.05, 0) is 18.2 Å². The maximum absolute atomic E-state index is 13.4. The van der Waals surface area contributed by atoms with E-state index in [1.54, 1.807) is 36.0 Å². The molecule has 3 rings (SSSR count). The Hall–Kier alpha value is -2.48. The van der Waals surface area contributed by atoms with Crippen molar-refractivity contribution in [2.75, 3.05) is 58.3 Å². The molecule has 0 aromatic heterocycles. The van der Waals surface area contributed by atoms with Crippen molar-refractivity contribution in [1.82, 2.24) is 14.7 Å². The molecule has 8 heteroatoms. The van der Waals surface area contributed by atoms with Gasteiger partial charge in [0, 0.05) is 58.9 Å². The molecule has 0 saturated carbocycles. The zero-order chi connectivity index (χ0) is 19.6. The number of likely N-dealkylation sites (N-methyl/N-ethyl adjacent to an activating group) is 1. The van der Waals surface area contributed by atoms with Crippen LogP contribution in [0.4, 0.5) is 10.1 Å². The first-order valence-corrected chi connectivity index (χ1v) is 9.12. The van der Waals surface area contributed by atoms with E-state index in [2.05, 4.69) is 0 Å². The predicted octanol–water partition coefficient (Wildman–Crippen LogP) is 0.411. The fourth-order valence-corrected chi connectivity index (χ4v) is 3.48. The lowest BCUT2D eigenvalue weighted by Gasteiger charge is -2.35. The standard InChI is InChI=1S/C19H25FN4O3/c1-21(2)18(26)13-22-6-8-23(9-7-22)19(27)14-10-17(25)24(12-14)16-5-3-4-15(20)11-16/h3-5,11,14H,6-10,12-13H2,1-2H3. The maximum Gasteiger partial charge on any atom is 0.236 e. The van der Waals surface area contributed by atoms with Gasteiger partial charge < -0.3 is 14.7 Å². The molecule has 0 N–H and O–H groups in total. The van der Waals surface area contributed by atoms with Crippen LogP contribution >= 0.6 is 0 Å². The third kappa shape index (κ3) is 4.44. The summed E-state index contributed by atoms with van der Waals surface area (Å²) in [5.74, 6) is -0.967. The van der Waals surface area contributed by atoms with E-state index >= 15 is 0 Å². The monoisotopic (exact) mass is 376 g/mol. The highest BCUT2D eigenvalue weighted by Crippen LogP contribution is 2.27. The van der Waals surface area contributed by atoms with E-state index in [0.29, 0.717) is 38.4 Å². The van der Waals surface area contributed by atoms with E-state index in [1.165, 1.54) is 17.0 Å². The van der Waals surface area contributed by atoms with Gasteiger partial charge in [-0.1, -0.05) is 6.07 Å². The van der Waals surface area contributed by atoms with Gasteiger partial charge in [-0.3, -0.25) is 19.3 Å². The Balaban J connectivity index is 1.55. The summed E-state index contributed by atoms with van der Waals surface area (Å²) in [5, 5.41) is 0. The van der Waals surface area contributed by atoms with Crippen molar-refractivity contribution in [3.63, 3.8) is 0 Å². The van der Waals surface area contributed by atoms with Gasteiger partial charge in [0.2, 0.25) is 17.7 Å². The first-order chi connectivity index (χ1) is 12.8. The zero-order valence-corrected chi connectivity index (χ0v) is 15.7. The molecule has 2 aliphatic rings. The Labute approximate surface area is 158 Å². The third-order valence-corrected chi connectivity index (χ3v) is 5.14. The van der Waals surface area contributed by atoms with Crippen LogP contribution in [0.25, 0.3) is 0 Å². The Morgan fingerprint density at radius 2 is 1.89 bits per heavy atom. The summed E-state index contributed by atoms with van der Waals surface area (Å²) in [6.45, 7) is 3.00. The molecule has 2 heterocycles. The van der Waals surface area contributed by atoms with Gasteiger partial charge in [-0.25, -0.2) is 4.39 Å². The topological polar surface area (TPSA) is 64.2 Å². The number of nitrogens with zero attached hydrogens (tertiary/aromatic N) is 4. The number of piperazine rings is 1. The minimum absolute atomic E-state index is 0.0409. The fourth-order valence-electron chi connectivity index (χ4n) is 3.48. The molecule has 3 amide bonds. The SMILES string of the molecule is CN(C)C(=O)CN1CCN(C(=O)C2CC(=O)N(c3cccc(F)c3)C2)CC1. The summed E-state index contributed by atoms with van der Waals surface area (Å²) >= 11 is 0. The maximum atomic E-state index is 13.4. The smallest absolute Gasteiger partial charge is 0.236 e. The minimum Gasteiger partial charge on any atom is -0.348 e. The predicted molar refractivity (Wildman–Crippen MR) is 98.6 cm³/mol. The minimum atomic E-state index is -0.407. The molecule has 0 spiro atoms. The highest BCUT2D eigenvalue weighted by molar-refractivity contribution is 6.00. The Kier molecular flexibility index (Phi) is 5.74. The molecule has 2 saturated heterocycles. The first kappa shape index (κ1) is 19.3. The number of anilines is 1. The lowest BCUT2D eigenvalue weighted by molar-refractivity contribution is -0.138. The molecule has 1 aromatic rings. The molecular formula is C19H25FN4O3. The lowest BCUT2D eigenvalue weighted by Crippen LogP contribution is -2.52. The zero-order valence-electron chi connectivity index (χ0n) is 15.7. The number of hydrogen-bond donors (Lipinski definition) is 0. The van der Waals surface area contributed by atoms with Crippen molar-refractivity contribution in [3.8, 4) is 0 Å². The molecule has 1 unspecified atom stereocenters. The molecule has 2 aliphatic heterocycles. The first-order valence-electron chi connectivity index (χ1n) is 9.12. The van der Waals surface area contributed by atoms with Crippen LogP contribution in [0.1, 0.15) is 6.42 Å². The van der Waals surface area contributed by atoms with Gasteiger partial charge in [0.1, 0.15) is 5.82 Å². The number of hydrogen-bond acceptors (Lipinski definition) is 4. The molecule has 0 radical (unpaired) electrons. The second-order valence-corrected chi connectivity index (χ2v) is 7.27. The van der Waals surface area contributed by atoms with Crippen LogP contribution in [0.3, 0.4) is 0 Å². The molecular weight excluding hydrogens is 351 g/mol. The van der Waals surface area contributed by atoms with Crippen molar-refractivity contribution >= 4 is 23.4 Å². The summed E-state index contributed by atoms with van der Waals surface area (Å²) in [6, 6.07) is 5.87. The Bertz CT molecular complexity index is 731. The van der Waals surface area contributed by atoms with Gasteiger partial charge in [0.25, 0.3) is 0 Å². The molecule has 2 fully saturated rings. The van der Waals surface area contributed by atoms with E-state index in [1.807, 2.05) is 4.90 Å². The number of carbonyl (C=O) groups excluding carboxylic acids is 3. The largest absolute Gasteiger partial charge is 0.348 e. The summed E-state index contributed by atoms with van der Waals surface area (Å²) in [4.78, 5) is 43.8. The summed E-state index contributed by atoms with van der Waals surface area (Å²) in [5.41, 5.74) is 0.488. The van der Waals surface area contributed by atoms with Crippen LogP contribution in [0, 0.1) is 11.7 Å². The summed E-state index contributed by atoms with van der Waals surface area (Å²) < 4.78 is 13.4. The molecule has 0 aliphatic carbocycles. The second kappa shape index (κ2) is 8.04. The average Bonchev–Trinajstić information content (AvgIpc) is 3.03. The Morgan fingerprint density at radius 1 is 1.19 bits per heavy atom. The van der Waals surface area contributed by atoms with E-state index in [4.69, 9.17) is 0 Å². The van der Waals surface area contributed by atoms with Crippen LogP contribution in [0.15, 0.2) is 24.3 Å². The summed E-state index contributed by atoms with van der Waals surface area (Å²) in [7, 11) is 3.45. The van der Waals surface area contributed by atoms with Gasteiger partial charge in [0.15, 0.2) is 0 Å². The second-order valence-electron chi connectivity index (χ2n) is 7.27. The van der Waals surface area contributed by atoms with Crippen LogP contribution in [0.2, 0.25) is 0 Å². The van der Waals surface area contributed by atoms with Crippen molar-refractivity contribution in [2.24, 2.45) is 5.92 Å². The fraction of sp³-hybridized carbons (Fsp3) is 0.526. The van der Waals surface area contributed by atoms with Gasteiger partial charge in [-0.15, -0.1) is 0 Å². The molecule has 27 heavy (non-hydrogen) atoms. The molecule has 0 bridgehead atoms. The van der Waals surface area contributed by atoms with E-state index < -0.39 is 11.7 Å². The van der Waals surface area contributed by atoms with E-state index in [0.717, 1.165) is 0 Å². The molecule has 146 valence electrons.